The molecule has 0 aliphatic heterocycles. The van der Waals surface area contributed by atoms with Crippen LogP contribution in [0.15, 0.2) is 12.3 Å². The maximum absolute atomic E-state index is 12.1. The van der Waals surface area contributed by atoms with Crippen LogP contribution in [0.4, 0.5) is 3.89 Å². The van der Waals surface area contributed by atoms with E-state index in [0.29, 0.717) is 11.3 Å². The summed E-state index contributed by atoms with van der Waals surface area (Å²) in [5.41, 5.74) is 0.790. The molecule has 0 saturated heterocycles. The Morgan fingerprint density at radius 2 is 2.58 bits per heavy atom. The highest BCUT2D eigenvalue weighted by molar-refractivity contribution is 7.92. The SMILES string of the molecule is N#Cc1ccn(SF)c1CON. The van der Waals surface area contributed by atoms with Crippen molar-refractivity contribution in [2.24, 2.45) is 5.90 Å². The number of hydrogen-bond acceptors (Lipinski definition) is 4. The van der Waals surface area contributed by atoms with Crippen molar-refractivity contribution in [3.05, 3.63) is 23.5 Å². The van der Waals surface area contributed by atoms with Gasteiger partial charge in [0.1, 0.15) is 12.7 Å². The molecule has 0 amide bonds. The molecule has 2 N–H and O–H groups in total. The van der Waals surface area contributed by atoms with Gasteiger partial charge in [-0.15, -0.1) is 3.89 Å². The number of aromatic nitrogens is 1. The summed E-state index contributed by atoms with van der Waals surface area (Å²) in [7, 11) is 0. The summed E-state index contributed by atoms with van der Waals surface area (Å²) in [5, 5.41) is 8.56. The number of halogens is 1. The fourth-order valence-electron chi connectivity index (χ4n) is 0.834. The van der Waals surface area contributed by atoms with Gasteiger partial charge in [-0.2, -0.15) is 5.26 Å². The van der Waals surface area contributed by atoms with Crippen molar-refractivity contribution in [3.8, 4) is 6.07 Å². The van der Waals surface area contributed by atoms with Crippen LogP contribution in [0.1, 0.15) is 11.3 Å². The first-order chi connectivity index (χ1) is 5.83. The highest BCUT2D eigenvalue weighted by Gasteiger charge is 2.08. The lowest BCUT2D eigenvalue weighted by atomic mass is 10.3. The second-order valence-corrected chi connectivity index (χ2v) is 2.53. The zero-order valence-electron chi connectivity index (χ0n) is 6.03. The van der Waals surface area contributed by atoms with Gasteiger partial charge in [0.15, 0.2) is 12.3 Å². The lowest BCUT2D eigenvalue weighted by Crippen LogP contribution is -2.03. The number of nitriles is 1. The van der Waals surface area contributed by atoms with Gasteiger partial charge in [0.05, 0.1) is 11.3 Å². The van der Waals surface area contributed by atoms with Gasteiger partial charge in [-0.1, -0.05) is 0 Å². The summed E-state index contributed by atoms with van der Waals surface area (Å²) >= 11 is 0.00157. The van der Waals surface area contributed by atoms with Crippen molar-refractivity contribution < 1.29 is 8.72 Å². The molecule has 0 bridgehead atoms. The van der Waals surface area contributed by atoms with E-state index in [9.17, 15) is 3.89 Å². The van der Waals surface area contributed by atoms with Crippen LogP contribution in [0.3, 0.4) is 0 Å². The third-order valence-electron chi connectivity index (χ3n) is 1.37. The molecule has 0 saturated carbocycles. The van der Waals surface area contributed by atoms with Crippen molar-refractivity contribution in [1.82, 2.24) is 3.97 Å². The molecular weight excluding hydrogens is 181 g/mol. The highest BCUT2D eigenvalue weighted by atomic mass is 32.2. The van der Waals surface area contributed by atoms with Crippen LogP contribution < -0.4 is 5.90 Å². The molecule has 4 nitrogen and oxygen atoms in total. The summed E-state index contributed by atoms with van der Waals surface area (Å²) < 4.78 is 13.3. The molecule has 1 aromatic rings. The predicted octanol–water partition coefficient (Wildman–Crippen LogP) is 1.13. The molecule has 1 aromatic heterocycles. The topological polar surface area (TPSA) is 64.0 Å². The Balaban J connectivity index is 3.01. The van der Waals surface area contributed by atoms with E-state index in [1.807, 2.05) is 6.07 Å². The van der Waals surface area contributed by atoms with Crippen molar-refractivity contribution in [2.45, 2.75) is 6.61 Å². The Bertz CT molecular complexity index is 306. The minimum absolute atomic E-state index is 0.00157. The molecule has 64 valence electrons. The third-order valence-corrected chi connectivity index (χ3v) is 1.86. The number of hydrogen-bond donors (Lipinski definition) is 1. The Morgan fingerprint density at radius 3 is 3.08 bits per heavy atom. The highest BCUT2D eigenvalue weighted by Crippen LogP contribution is 2.17. The van der Waals surface area contributed by atoms with Crippen LogP contribution in [-0.4, -0.2) is 3.97 Å². The van der Waals surface area contributed by atoms with Gasteiger partial charge in [-0.3, -0.25) is 8.81 Å². The van der Waals surface area contributed by atoms with Gasteiger partial charge in [-0.05, 0) is 6.07 Å². The molecule has 0 spiro atoms. The summed E-state index contributed by atoms with van der Waals surface area (Å²) in [5.74, 6) is 4.81. The van der Waals surface area contributed by atoms with Gasteiger partial charge in [0, 0.05) is 6.20 Å². The van der Waals surface area contributed by atoms with Gasteiger partial charge in [0.2, 0.25) is 0 Å². The summed E-state index contributed by atoms with van der Waals surface area (Å²) in [4.78, 5) is 4.32. The van der Waals surface area contributed by atoms with Crippen molar-refractivity contribution in [2.75, 3.05) is 0 Å². The molecule has 0 aromatic carbocycles. The molecule has 0 radical (unpaired) electrons. The van der Waals surface area contributed by atoms with Gasteiger partial charge in [0.25, 0.3) is 0 Å². The largest absolute Gasteiger partial charge is 0.298 e. The van der Waals surface area contributed by atoms with Crippen molar-refractivity contribution >= 4 is 12.3 Å². The monoisotopic (exact) mass is 187 g/mol. The summed E-state index contributed by atoms with van der Waals surface area (Å²) in [6, 6.07) is 3.40. The molecule has 0 aliphatic rings. The van der Waals surface area contributed by atoms with E-state index in [4.69, 9.17) is 11.2 Å². The molecule has 0 unspecified atom stereocenters. The van der Waals surface area contributed by atoms with Gasteiger partial charge in [-0.25, -0.2) is 5.90 Å². The second-order valence-electron chi connectivity index (χ2n) is 1.99. The molecule has 0 fully saturated rings. The first-order valence-electron chi connectivity index (χ1n) is 3.04. The normalized spacial score (nSPS) is 9.75. The van der Waals surface area contributed by atoms with Crippen LogP contribution in [0.5, 0.6) is 0 Å². The molecule has 0 aliphatic carbocycles. The number of rotatable bonds is 3. The molecule has 1 rings (SSSR count). The second kappa shape index (κ2) is 4.11. The lowest BCUT2D eigenvalue weighted by Gasteiger charge is -2.00. The molecule has 6 heteroatoms. The fourth-order valence-corrected chi connectivity index (χ4v) is 1.18. The molecular formula is C6H6FN3OS. The Hall–Kier alpha value is -1.03. The van der Waals surface area contributed by atoms with Crippen molar-refractivity contribution in [3.63, 3.8) is 0 Å². The van der Waals surface area contributed by atoms with E-state index in [2.05, 4.69) is 4.84 Å². The van der Waals surface area contributed by atoms with E-state index in [-0.39, 0.29) is 18.9 Å². The first kappa shape index (κ1) is 9.06. The molecule has 1 heterocycles. The molecule has 0 atom stereocenters. The quantitative estimate of drug-likeness (QED) is 0.720. The van der Waals surface area contributed by atoms with E-state index in [0.717, 1.165) is 0 Å². The lowest BCUT2D eigenvalue weighted by molar-refractivity contribution is 0.121. The summed E-state index contributed by atoms with van der Waals surface area (Å²) in [6.07, 6.45) is 1.44. The predicted molar refractivity (Wildman–Crippen MR) is 42.2 cm³/mol. The number of nitrogens with two attached hydrogens (primary N) is 1. The van der Waals surface area contributed by atoms with E-state index >= 15 is 0 Å². The number of nitrogens with zero attached hydrogens (tertiary/aromatic N) is 2. The summed E-state index contributed by atoms with van der Waals surface area (Å²) in [6.45, 7) is 0.0206. The van der Waals surface area contributed by atoms with Crippen LogP contribution in [-0.2, 0) is 11.4 Å². The van der Waals surface area contributed by atoms with Gasteiger partial charge >= 0.3 is 0 Å². The van der Waals surface area contributed by atoms with Crippen LogP contribution in [0.2, 0.25) is 0 Å². The third kappa shape index (κ3) is 1.58. The fraction of sp³-hybridized carbons (Fsp3) is 0.167. The first-order valence-corrected chi connectivity index (χ1v) is 3.72. The maximum Gasteiger partial charge on any atom is 0.169 e. The smallest absolute Gasteiger partial charge is 0.169 e. The van der Waals surface area contributed by atoms with Crippen LogP contribution in [0.25, 0.3) is 0 Å². The Morgan fingerprint density at radius 1 is 1.83 bits per heavy atom. The van der Waals surface area contributed by atoms with E-state index in [1.54, 1.807) is 0 Å². The van der Waals surface area contributed by atoms with E-state index < -0.39 is 0 Å². The maximum atomic E-state index is 12.1. The Kier molecular flexibility index (Phi) is 3.10. The van der Waals surface area contributed by atoms with Crippen LogP contribution >= 0.6 is 12.3 Å². The van der Waals surface area contributed by atoms with Gasteiger partial charge < -0.3 is 0 Å². The average molecular weight is 187 g/mol. The van der Waals surface area contributed by atoms with Crippen molar-refractivity contribution in [1.29, 1.82) is 5.26 Å². The van der Waals surface area contributed by atoms with E-state index in [1.165, 1.54) is 16.2 Å². The zero-order chi connectivity index (χ0) is 8.97. The standard InChI is InChI=1S/C6H6FN3OS/c7-12-10-2-1-5(3-8)6(10)4-11-9/h1-2H,4,9H2. The minimum Gasteiger partial charge on any atom is -0.298 e. The zero-order valence-corrected chi connectivity index (χ0v) is 6.84. The minimum atomic E-state index is 0.00157. The average Bonchev–Trinajstić information content (AvgIpc) is 2.48. The molecule has 12 heavy (non-hydrogen) atoms. The van der Waals surface area contributed by atoms with Crippen LogP contribution in [0, 0.1) is 11.3 Å². The Labute approximate surface area is 73.1 Å².